The van der Waals surface area contributed by atoms with E-state index >= 15 is 0 Å². The van der Waals surface area contributed by atoms with Crippen molar-refractivity contribution in [1.82, 2.24) is 10.6 Å². The first-order valence-corrected chi connectivity index (χ1v) is 15.1. The van der Waals surface area contributed by atoms with Crippen LogP contribution in [0.25, 0.3) is 0 Å². The lowest BCUT2D eigenvalue weighted by Crippen LogP contribution is -2.50. The van der Waals surface area contributed by atoms with Gasteiger partial charge in [-0.2, -0.15) is 5.26 Å². The highest BCUT2D eigenvalue weighted by Gasteiger charge is 2.52. The molecule has 4 atom stereocenters. The number of benzene rings is 1. The van der Waals surface area contributed by atoms with Crippen LogP contribution >= 0.6 is 0 Å². The summed E-state index contributed by atoms with van der Waals surface area (Å²) in [4.78, 5) is 38.8. The Morgan fingerprint density at radius 3 is 2.34 bits per heavy atom. The molecule has 9 nitrogen and oxygen atoms in total. The summed E-state index contributed by atoms with van der Waals surface area (Å²) in [6.07, 6.45) is 7.01. The van der Waals surface area contributed by atoms with Crippen LogP contribution in [0.1, 0.15) is 94.5 Å². The van der Waals surface area contributed by atoms with Gasteiger partial charge in [-0.25, -0.2) is 0 Å². The first-order valence-electron chi connectivity index (χ1n) is 15.1. The minimum absolute atomic E-state index is 0.0379. The van der Waals surface area contributed by atoms with Crippen molar-refractivity contribution >= 4 is 17.8 Å². The van der Waals surface area contributed by atoms with Crippen molar-refractivity contribution in [2.24, 2.45) is 34.5 Å². The Balaban J connectivity index is 1.31. The molecule has 4 saturated carbocycles. The fraction of sp³-hybridized carbons (Fsp3) is 0.688. The normalized spacial score (nSPS) is 31.3. The quantitative estimate of drug-likeness (QED) is 0.375. The monoisotopic (exact) mass is 565 g/mol. The molecule has 5 rings (SSSR count). The van der Waals surface area contributed by atoms with Gasteiger partial charge in [0, 0.05) is 18.7 Å². The number of nitriles is 1. The van der Waals surface area contributed by atoms with Crippen LogP contribution in [0.15, 0.2) is 12.1 Å². The molecule has 4 fully saturated rings. The van der Waals surface area contributed by atoms with E-state index in [1.54, 1.807) is 13.0 Å². The topological polar surface area (TPSA) is 138 Å². The number of carbonyl (C=O) groups excluding carboxylic acids is 2. The Labute approximate surface area is 242 Å². The number of hydrogen-bond acceptors (Lipinski definition) is 6. The Kier molecular flexibility index (Phi) is 7.97. The smallest absolute Gasteiger partial charge is 0.309 e. The number of carboxylic acid groups (broad SMARTS) is 1. The fourth-order valence-electron chi connectivity index (χ4n) is 7.44. The van der Waals surface area contributed by atoms with Crippen molar-refractivity contribution < 1.29 is 29.0 Å². The predicted octanol–water partition coefficient (Wildman–Crippen LogP) is 4.68. The predicted molar refractivity (Wildman–Crippen MR) is 151 cm³/mol. The van der Waals surface area contributed by atoms with Gasteiger partial charge in [0.25, 0.3) is 5.91 Å². The standard InChI is InChI=1S/C32H43N3O6/c1-18(2)32(11-12-32)17-34-29(37)26-19-5-6-20(13-19)27(26)35-28(36)23-15-24(21(16-33)14-25(23)40-4)41-22-7-9-31(3,10-8-22)30(38)39/h14-15,18-20,22,26-27H,5-13,17H2,1-4H3,(H,34,37)(H,35,36)(H,38,39)/t19-,20+,22-,26+,27-,31+/m1/s1. The number of carboxylic acids is 1. The van der Waals surface area contributed by atoms with Crippen LogP contribution in [-0.4, -0.2) is 48.7 Å². The first-order chi connectivity index (χ1) is 19.5. The van der Waals surface area contributed by atoms with Gasteiger partial charge in [-0.1, -0.05) is 13.8 Å². The highest BCUT2D eigenvalue weighted by molar-refractivity contribution is 5.98. The van der Waals surface area contributed by atoms with Gasteiger partial charge in [0.15, 0.2) is 0 Å². The van der Waals surface area contributed by atoms with E-state index in [9.17, 15) is 24.8 Å². The Morgan fingerprint density at radius 1 is 1.07 bits per heavy atom. The second kappa shape index (κ2) is 11.2. The van der Waals surface area contributed by atoms with Crippen molar-refractivity contribution in [2.45, 2.75) is 90.7 Å². The number of nitrogens with one attached hydrogen (secondary N) is 2. The largest absolute Gasteiger partial charge is 0.496 e. The van der Waals surface area contributed by atoms with E-state index in [-0.39, 0.29) is 69.8 Å². The average Bonchev–Trinajstić information content (AvgIpc) is 3.49. The van der Waals surface area contributed by atoms with Gasteiger partial charge < -0.3 is 25.2 Å². The van der Waals surface area contributed by atoms with Gasteiger partial charge >= 0.3 is 5.97 Å². The van der Waals surface area contributed by atoms with E-state index in [1.165, 1.54) is 13.2 Å². The third-order valence-electron chi connectivity index (χ3n) is 10.8. The van der Waals surface area contributed by atoms with Gasteiger partial charge in [-0.3, -0.25) is 14.4 Å². The molecule has 4 aliphatic carbocycles. The molecule has 2 bridgehead atoms. The van der Waals surface area contributed by atoms with Crippen LogP contribution in [0.2, 0.25) is 0 Å². The average molecular weight is 566 g/mol. The number of nitrogens with zero attached hydrogens (tertiary/aromatic N) is 1. The first kappa shape index (κ1) is 29.2. The Bertz CT molecular complexity index is 1240. The maximum Gasteiger partial charge on any atom is 0.309 e. The molecule has 0 unspecified atom stereocenters. The van der Waals surface area contributed by atoms with Gasteiger partial charge in [0.2, 0.25) is 5.91 Å². The molecule has 0 heterocycles. The van der Waals surface area contributed by atoms with E-state index in [1.807, 2.05) is 0 Å². The molecule has 0 aliphatic heterocycles. The van der Waals surface area contributed by atoms with Crippen molar-refractivity contribution in [3.8, 4) is 17.6 Å². The summed E-state index contributed by atoms with van der Waals surface area (Å²) in [6.45, 7) is 6.86. The summed E-state index contributed by atoms with van der Waals surface area (Å²) >= 11 is 0. The summed E-state index contributed by atoms with van der Waals surface area (Å²) in [5, 5.41) is 25.7. The van der Waals surface area contributed by atoms with Gasteiger partial charge in [-0.15, -0.1) is 0 Å². The zero-order chi connectivity index (χ0) is 29.5. The second-order valence-corrected chi connectivity index (χ2v) is 13.4. The zero-order valence-electron chi connectivity index (χ0n) is 24.6. The van der Waals surface area contributed by atoms with Crippen LogP contribution in [0.4, 0.5) is 0 Å². The SMILES string of the molecule is COc1cc(C#N)c(O[C@H]2CC[C@@](C)(C(=O)O)CC2)cc1C(=O)N[C@@H]1[C@H]2CC[C@H](C2)[C@@H]1C(=O)NCC1(C(C)C)CC1. The lowest BCUT2D eigenvalue weighted by Gasteiger charge is -2.34. The summed E-state index contributed by atoms with van der Waals surface area (Å²) in [5.41, 5.74) is -0.0591. The molecule has 0 radical (unpaired) electrons. The number of fused-ring (bicyclic) bond motifs is 2. The summed E-state index contributed by atoms with van der Waals surface area (Å²) in [5.74, 6) is 0.218. The number of carbonyl (C=O) groups is 3. The lowest BCUT2D eigenvalue weighted by molar-refractivity contribution is -0.150. The molecule has 9 heteroatoms. The van der Waals surface area contributed by atoms with Crippen LogP contribution < -0.4 is 20.1 Å². The molecule has 41 heavy (non-hydrogen) atoms. The minimum Gasteiger partial charge on any atom is -0.496 e. The molecule has 0 saturated heterocycles. The van der Waals surface area contributed by atoms with Crippen LogP contribution in [0.5, 0.6) is 11.5 Å². The highest BCUT2D eigenvalue weighted by atomic mass is 16.5. The van der Waals surface area contributed by atoms with E-state index in [0.717, 1.165) is 32.1 Å². The van der Waals surface area contributed by atoms with E-state index in [4.69, 9.17) is 9.47 Å². The summed E-state index contributed by atoms with van der Waals surface area (Å²) in [6, 6.07) is 4.95. The Morgan fingerprint density at radius 2 is 1.76 bits per heavy atom. The third-order valence-corrected chi connectivity index (χ3v) is 10.8. The lowest BCUT2D eigenvalue weighted by atomic mass is 9.75. The molecule has 3 N–H and O–H groups in total. The van der Waals surface area contributed by atoms with E-state index in [0.29, 0.717) is 38.1 Å². The number of aliphatic carboxylic acids is 1. The van der Waals surface area contributed by atoms with Crippen LogP contribution in [-0.2, 0) is 9.59 Å². The summed E-state index contributed by atoms with van der Waals surface area (Å²) in [7, 11) is 1.46. The third kappa shape index (κ3) is 5.62. The zero-order valence-corrected chi connectivity index (χ0v) is 24.6. The van der Waals surface area contributed by atoms with E-state index < -0.39 is 11.4 Å². The molecular formula is C32H43N3O6. The number of rotatable bonds is 10. The molecule has 222 valence electrons. The molecule has 1 aromatic rings. The van der Waals surface area contributed by atoms with Crippen LogP contribution in [0, 0.1) is 45.8 Å². The minimum atomic E-state index is -0.809. The number of hydrogen-bond donors (Lipinski definition) is 3. The maximum atomic E-state index is 13.7. The van der Waals surface area contributed by atoms with Crippen LogP contribution in [0.3, 0.4) is 0 Å². The second-order valence-electron chi connectivity index (χ2n) is 13.4. The molecule has 0 spiro atoms. The highest BCUT2D eigenvalue weighted by Crippen LogP contribution is 2.52. The Hall–Kier alpha value is -3.28. The molecule has 0 aromatic heterocycles. The van der Waals surface area contributed by atoms with Crippen molar-refractivity contribution in [3.05, 3.63) is 23.3 Å². The number of ether oxygens (including phenoxy) is 2. The number of methoxy groups -OCH3 is 1. The van der Waals surface area contributed by atoms with Gasteiger partial charge in [0.1, 0.15) is 17.6 Å². The van der Waals surface area contributed by atoms with Crippen molar-refractivity contribution in [2.75, 3.05) is 13.7 Å². The molecular weight excluding hydrogens is 522 g/mol. The van der Waals surface area contributed by atoms with Gasteiger partial charge in [-0.05, 0) is 93.9 Å². The maximum absolute atomic E-state index is 13.7. The fourth-order valence-corrected chi connectivity index (χ4v) is 7.44. The molecule has 4 aliphatic rings. The van der Waals surface area contributed by atoms with Crippen molar-refractivity contribution in [3.63, 3.8) is 0 Å². The summed E-state index contributed by atoms with van der Waals surface area (Å²) < 4.78 is 11.7. The van der Waals surface area contributed by atoms with E-state index in [2.05, 4.69) is 30.6 Å². The van der Waals surface area contributed by atoms with Gasteiger partial charge in [0.05, 0.1) is 35.7 Å². The van der Waals surface area contributed by atoms with Crippen molar-refractivity contribution in [1.29, 1.82) is 5.26 Å². The molecule has 1 aromatic carbocycles. The number of amides is 2. The molecule has 2 amide bonds.